The van der Waals surface area contributed by atoms with Crippen molar-refractivity contribution in [3.8, 4) is 0 Å². The molecule has 0 saturated carbocycles. The van der Waals surface area contributed by atoms with Gasteiger partial charge in [0.15, 0.2) is 0 Å². The number of benzene rings is 1. The van der Waals surface area contributed by atoms with Crippen LogP contribution in [0, 0.1) is 0 Å². The van der Waals surface area contributed by atoms with Crippen LogP contribution in [0.15, 0.2) is 24.3 Å². The van der Waals surface area contributed by atoms with Gasteiger partial charge in [-0.05, 0) is 24.0 Å². The van der Waals surface area contributed by atoms with Crippen molar-refractivity contribution in [2.24, 2.45) is 0 Å². The Labute approximate surface area is 138 Å². The van der Waals surface area contributed by atoms with Crippen molar-refractivity contribution in [2.75, 3.05) is 39.4 Å². The van der Waals surface area contributed by atoms with Gasteiger partial charge in [0.2, 0.25) is 0 Å². The molecule has 1 N–H and O–H groups in total. The average molecular weight is 317 g/mol. The maximum absolute atomic E-state index is 12.2. The summed E-state index contributed by atoms with van der Waals surface area (Å²) >= 11 is 0. The molecule has 3 rings (SSSR count). The van der Waals surface area contributed by atoms with Crippen molar-refractivity contribution < 1.29 is 9.53 Å². The molecule has 0 spiro atoms. The largest absolute Gasteiger partial charge is 0.378 e. The van der Waals surface area contributed by atoms with Gasteiger partial charge in [-0.15, -0.1) is 0 Å². The van der Waals surface area contributed by atoms with Crippen molar-refractivity contribution in [2.45, 2.75) is 32.4 Å². The molecule has 2 aliphatic heterocycles. The van der Waals surface area contributed by atoms with E-state index >= 15 is 0 Å². The topological polar surface area (TPSA) is 44.8 Å². The minimum atomic E-state index is 0.0455. The zero-order valence-corrected chi connectivity index (χ0v) is 14.0. The molecule has 1 atom stereocenters. The molecule has 0 aromatic heterocycles. The van der Waals surface area contributed by atoms with E-state index in [1.54, 1.807) is 0 Å². The zero-order chi connectivity index (χ0) is 16.1. The van der Waals surface area contributed by atoms with Crippen molar-refractivity contribution in [3.63, 3.8) is 0 Å². The van der Waals surface area contributed by atoms with E-state index in [4.69, 9.17) is 4.74 Å². The van der Waals surface area contributed by atoms with Crippen LogP contribution in [0.25, 0.3) is 0 Å². The number of carbonyl (C=O) groups excluding carboxylic acids is 1. The molecule has 2 heterocycles. The van der Waals surface area contributed by atoms with E-state index < -0.39 is 0 Å². The molecule has 2 amide bonds. The van der Waals surface area contributed by atoms with Crippen molar-refractivity contribution in [1.82, 2.24) is 15.1 Å². The minimum absolute atomic E-state index is 0.0455. The van der Waals surface area contributed by atoms with E-state index in [-0.39, 0.29) is 6.03 Å². The standard InChI is InChI=1S/C18H27N3O2/c1-2-17(13-19-18(22)20-9-11-23-12-10-20)21-8-7-15-5-3-4-6-16(15)14-21/h3-6,17H,2,7-14H2,1H3,(H,19,22). The van der Waals surface area contributed by atoms with Gasteiger partial charge in [-0.3, -0.25) is 4.90 Å². The highest BCUT2D eigenvalue weighted by Crippen LogP contribution is 2.21. The van der Waals surface area contributed by atoms with Crippen molar-refractivity contribution >= 4 is 6.03 Å². The Kier molecular flexibility index (Phi) is 5.51. The quantitative estimate of drug-likeness (QED) is 0.922. The smallest absolute Gasteiger partial charge is 0.317 e. The number of nitrogens with one attached hydrogen (secondary N) is 1. The number of rotatable bonds is 4. The molecule has 23 heavy (non-hydrogen) atoms. The molecular weight excluding hydrogens is 290 g/mol. The van der Waals surface area contributed by atoms with Crippen molar-refractivity contribution in [3.05, 3.63) is 35.4 Å². The third-order valence-corrected chi connectivity index (χ3v) is 4.94. The number of morpholine rings is 1. The molecular formula is C18H27N3O2. The summed E-state index contributed by atoms with van der Waals surface area (Å²) in [5.74, 6) is 0. The molecule has 1 aromatic carbocycles. The summed E-state index contributed by atoms with van der Waals surface area (Å²) in [6.07, 6.45) is 2.15. The first-order chi connectivity index (χ1) is 11.3. The van der Waals surface area contributed by atoms with E-state index in [0.29, 0.717) is 32.3 Å². The molecule has 1 unspecified atom stereocenters. The average Bonchev–Trinajstić information content (AvgIpc) is 2.62. The lowest BCUT2D eigenvalue weighted by atomic mass is 9.98. The summed E-state index contributed by atoms with van der Waals surface area (Å²) in [7, 11) is 0. The van der Waals surface area contributed by atoms with Crippen LogP contribution in [0.4, 0.5) is 4.79 Å². The fourth-order valence-electron chi connectivity index (χ4n) is 3.44. The number of carbonyl (C=O) groups is 1. The molecule has 0 aliphatic carbocycles. The molecule has 1 aromatic rings. The first kappa shape index (κ1) is 16.3. The van der Waals surface area contributed by atoms with E-state index in [2.05, 4.69) is 41.4 Å². The summed E-state index contributed by atoms with van der Waals surface area (Å²) in [4.78, 5) is 16.6. The monoisotopic (exact) mass is 317 g/mol. The van der Waals surface area contributed by atoms with Crippen LogP contribution in [0.5, 0.6) is 0 Å². The maximum atomic E-state index is 12.2. The summed E-state index contributed by atoms with van der Waals surface area (Å²) in [6, 6.07) is 9.13. The fourth-order valence-corrected chi connectivity index (χ4v) is 3.44. The molecule has 0 radical (unpaired) electrons. The van der Waals surface area contributed by atoms with Gasteiger partial charge in [0.25, 0.3) is 0 Å². The van der Waals surface area contributed by atoms with Crippen LogP contribution < -0.4 is 5.32 Å². The summed E-state index contributed by atoms with van der Waals surface area (Å²) < 4.78 is 5.30. The van der Waals surface area contributed by atoms with Gasteiger partial charge in [-0.25, -0.2) is 4.79 Å². The third kappa shape index (κ3) is 4.03. The van der Waals surface area contributed by atoms with Gasteiger partial charge >= 0.3 is 6.03 Å². The number of ether oxygens (including phenoxy) is 1. The van der Waals surface area contributed by atoms with E-state index in [9.17, 15) is 4.79 Å². The number of fused-ring (bicyclic) bond motifs is 1. The van der Waals surface area contributed by atoms with Crippen molar-refractivity contribution in [1.29, 1.82) is 0 Å². The van der Waals surface area contributed by atoms with Crippen LogP contribution in [-0.4, -0.2) is 61.3 Å². The Morgan fingerprint density at radius 2 is 1.96 bits per heavy atom. The molecule has 1 saturated heterocycles. The Balaban J connectivity index is 1.53. The highest BCUT2D eigenvalue weighted by Gasteiger charge is 2.23. The summed E-state index contributed by atoms with van der Waals surface area (Å²) in [5.41, 5.74) is 2.90. The van der Waals surface area contributed by atoms with Crippen LogP contribution in [0.1, 0.15) is 24.5 Å². The molecule has 5 heteroatoms. The van der Waals surface area contributed by atoms with E-state index in [1.165, 1.54) is 11.1 Å². The molecule has 2 aliphatic rings. The SMILES string of the molecule is CCC(CNC(=O)N1CCOCC1)N1CCc2ccccc2C1. The first-order valence-electron chi connectivity index (χ1n) is 8.69. The van der Waals surface area contributed by atoms with E-state index in [1.807, 2.05) is 4.90 Å². The number of amides is 2. The predicted octanol–water partition coefficient (Wildman–Crippen LogP) is 1.87. The van der Waals surface area contributed by atoms with Crippen LogP contribution in [0.2, 0.25) is 0 Å². The lowest BCUT2D eigenvalue weighted by Gasteiger charge is -2.36. The Morgan fingerprint density at radius 1 is 1.22 bits per heavy atom. The Bertz CT molecular complexity index is 529. The summed E-state index contributed by atoms with van der Waals surface area (Å²) in [5, 5.41) is 3.11. The lowest BCUT2D eigenvalue weighted by Crippen LogP contribution is -2.51. The van der Waals surface area contributed by atoms with Gasteiger partial charge in [0.1, 0.15) is 0 Å². The molecule has 5 nitrogen and oxygen atoms in total. The second-order valence-corrected chi connectivity index (χ2v) is 6.34. The van der Waals surface area contributed by atoms with Gasteiger partial charge in [0.05, 0.1) is 13.2 Å². The number of hydrogen-bond donors (Lipinski definition) is 1. The molecule has 0 bridgehead atoms. The lowest BCUT2D eigenvalue weighted by molar-refractivity contribution is 0.0524. The second kappa shape index (κ2) is 7.79. The van der Waals surface area contributed by atoms with Gasteiger partial charge in [0, 0.05) is 38.8 Å². The van der Waals surface area contributed by atoms with Gasteiger partial charge in [-0.1, -0.05) is 31.2 Å². The fraction of sp³-hybridized carbons (Fsp3) is 0.611. The summed E-state index contributed by atoms with van der Waals surface area (Å²) in [6.45, 7) is 7.66. The third-order valence-electron chi connectivity index (χ3n) is 4.94. The van der Waals surface area contributed by atoms with E-state index in [0.717, 1.165) is 32.5 Å². The van der Waals surface area contributed by atoms with Gasteiger partial charge in [-0.2, -0.15) is 0 Å². The highest BCUT2D eigenvalue weighted by atomic mass is 16.5. The maximum Gasteiger partial charge on any atom is 0.317 e. The number of hydrogen-bond acceptors (Lipinski definition) is 3. The van der Waals surface area contributed by atoms with Crippen LogP contribution in [0.3, 0.4) is 0 Å². The Hall–Kier alpha value is -1.59. The van der Waals surface area contributed by atoms with Crippen LogP contribution >= 0.6 is 0 Å². The molecule has 126 valence electrons. The number of urea groups is 1. The molecule has 1 fully saturated rings. The zero-order valence-electron chi connectivity index (χ0n) is 14.0. The highest BCUT2D eigenvalue weighted by molar-refractivity contribution is 5.74. The number of nitrogens with zero attached hydrogens (tertiary/aromatic N) is 2. The first-order valence-corrected chi connectivity index (χ1v) is 8.69. The normalized spacial score (nSPS) is 20.0. The predicted molar refractivity (Wildman–Crippen MR) is 90.4 cm³/mol. The second-order valence-electron chi connectivity index (χ2n) is 6.34. The minimum Gasteiger partial charge on any atom is -0.378 e. The Morgan fingerprint density at radius 3 is 2.70 bits per heavy atom. The van der Waals surface area contributed by atoms with Crippen LogP contribution in [-0.2, 0) is 17.7 Å². The van der Waals surface area contributed by atoms with Gasteiger partial charge < -0.3 is 15.0 Å².